The predicted octanol–water partition coefficient (Wildman–Crippen LogP) is 0.940. The van der Waals surface area contributed by atoms with Gasteiger partial charge in [0, 0.05) is 6.07 Å². The van der Waals surface area contributed by atoms with E-state index in [1.165, 1.54) is 6.07 Å². The maximum absolute atomic E-state index is 11.2. The van der Waals surface area contributed by atoms with Crippen LogP contribution in [0.3, 0.4) is 0 Å². The van der Waals surface area contributed by atoms with Crippen molar-refractivity contribution < 1.29 is 9.47 Å². The molecule has 0 bridgehead atoms. The summed E-state index contributed by atoms with van der Waals surface area (Å²) in [5, 5.41) is 0. The van der Waals surface area contributed by atoms with Crippen LogP contribution in [0.4, 0.5) is 5.82 Å². The number of rotatable bonds is 4. The summed E-state index contributed by atoms with van der Waals surface area (Å²) in [5.74, 6) is 1.72. The third-order valence-corrected chi connectivity index (χ3v) is 2.24. The molecule has 1 aromatic carbocycles. The molecule has 0 aliphatic heterocycles. The minimum absolute atomic E-state index is 0.112. The highest BCUT2D eigenvalue weighted by atomic mass is 16.5. The highest BCUT2D eigenvalue weighted by Crippen LogP contribution is 2.26. The first kappa shape index (κ1) is 12.0. The van der Waals surface area contributed by atoms with Crippen molar-refractivity contribution in [2.24, 2.45) is 0 Å². The number of methoxy groups -OCH3 is 1. The van der Waals surface area contributed by atoms with Crippen molar-refractivity contribution in [3.05, 3.63) is 46.5 Å². The summed E-state index contributed by atoms with van der Waals surface area (Å²) in [5.41, 5.74) is 5.17. The lowest BCUT2D eigenvalue weighted by Gasteiger charge is -2.09. The van der Waals surface area contributed by atoms with E-state index in [1.54, 1.807) is 19.2 Å². The summed E-state index contributed by atoms with van der Waals surface area (Å²) >= 11 is 0. The number of nitrogen functional groups attached to an aromatic ring is 1. The Kier molecular flexibility index (Phi) is 3.47. The number of aromatic amines is 1. The summed E-state index contributed by atoms with van der Waals surface area (Å²) in [6.45, 7) is 0.112. The fraction of sp³-hybridized carbons (Fsp3) is 0.167. The summed E-state index contributed by atoms with van der Waals surface area (Å²) < 4.78 is 10.7. The molecular weight excluding hydrogens is 234 g/mol. The Morgan fingerprint density at radius 3 is 2.72 bits per heavy atom. The van der Waals surface area contributed by atoms with Crippen LogP contribution in [-0.4, -0.2) is 17.1 Å². The quantitative estimate of drug-likeness (QED) is 0.839. The lowest BCUT2D eigenvalue weighted by molar-refractivity contribution is 0.276. The molecule has 0 atom stereocenters. The molecule has 3 N–H and O–H groups in total. The van der Waals surface area contributed by atoms with E-state index < -0.39 is 0 Å². The van der Waals surface area contributed by atoms with Gasteiger partial charge in [-0.1, -0.05) is 12.1 Å². The zero-order valence-corrected chi connectivity index (χ0v) is 9.84. The number of hydrogen-bond donors (Lipinski definition) is 2. The van der Waals surface area contributed by atoms with E-state index in [2.05, 4.69) is 9.97 Å². The molecular formula is C12H13N3O3. The zero-order valence-electron chi connectivity index (χ0n) is 9.84. The van der Waals surface area contributed by atoms with Crippen molar-refractivity contribution in [3.8, 4) is 11.5 Å². The molecule has 2 aromatic rings. The number of anilines is 1. The van der Waals surface area contributed by atoms with E-state index in [4.69, 9.17) is 15.2 Å². The molecule has 1 aromatic heterocycles. The van der Waals surface area contributed by atoms with Crippen LogP contribution >= 0.6 is 0 Å². The number of para-hydroxylation sites is 2. The molecule has 0 saturated heterocycles. The number of benzene rings is 1. The second kappa shape index (κ2) is 5.22. The number of H-pyrrole nitrogens is 1. The summed E-state index contributed by atoms with van der Waals surface area (Å²) in [6, 6.07) is 8.43. The monoisotopic (exact) mass is 247 g/mol. The Hall–Kier alpha value is -2.50. The van der Waals surface area contributed by atoms with Gasteiger partial charge in [-0.25, -0.2) is 4.98 Å². The third-order valence-electron chi connectivity index (χ3n) is 2.24. The second-order valence-corrected chi connectivity index (χ2v) is 3.56. The van der Waals surface area contributed by atoms with Crippen LogP contribution < -0.4 is 20.8 Å². The molecule has 0 radical (unpaired) electrons. The van der Waals surface area contributed by atoms with Gasteiger partial charge in [0.15, 0.2) is 11.5 Å². The SMILES string of the molecule is COc1ccccc1OCc1nc(N)cc(=O)[nH]1. The van der Waals surface area contributed by atoms with Crippen molar-refractivity contribution in [1.29, 1.82) is 0 Å². The lowest BCUT2D eigenvalue weighted by atomic mass is 10.3. The third kappa shape index (κ3) is 2.79. The maximum Gasteiger partial charge on any atom is 0.253 e. The van der Waals surface area contributed by atoms with E-state index in [0.29, 0.717) is 17.3 Å². The van der Waals surface area contributed by atoms with Gasteiger partial charge < -0.3 is 20.2 Å². The molecule has 0 unspecified atom stereocenters. The van der Waals surface area contributed by atoms with Crippen molar-refractivity contribution in [3.63, 3.8) is 0 Å². The van der Waals surface area contributed by atoms with Gasteiger partial charge in [0.1, 0.15) is 18.2 Å². The van der Waals surface area contributed by atoms with Crippen LogP contribution in [0.25, 0.3) is 0 Å². The molecule has 0 fully saturated rings. The Bertz CT molecular complexity index is 595. The highest BCUT2D eigenvalue weighted by Gasteiger charge is 2.04. The number of nitrogens with zero attached hydrogens (tertiary/aromatic N) is 1. The van der Waals surface area contributed by atoms with E-state index >= 15 is 0 Å². The fourth-order valence-electron chi connectivity index (χ4n) is 1.48. The smallest absolute Gasteiger partial charge is 0.253 e. The highest BCUT2D eigenvalue weighted by molar-refractivity contribution is 5.39. The lowest BCUT2D eigenvalue weighted by Crippen LogP contribution is -2.14. The Balaban J connectivity index is 2.13. The number of nitrogens with two attached hydrogens (primary N) is 1. The van der Waals surface area contributed by atoms with E-state index in [-0.39, 0.29) is 18.0 Å². The van der Waals surface area contributed by atoms with Gasteiger partial charge in [-0.15, -0.1) is 0 Å². The molecule has 0 aliphatic rings. The van der Waals surface area contributed by atoms with Crippen molar-refractivity contribution in [1.82, 2.24) is 9.97 Å². The number of aromatic nitrogens is 2. The molecule has 0 aliphatic carbocycles. The molecule has 0 saturated carbocycles. The Labute approximate surface area is 103 Å². The number of nitrogens with one attached hydrogen (secondary N) is 1. The van der Waals surface area contributed by atoms with E-state index in [0.717, 1.165) is 0 Å². The molecule has 18 heavy (non-hydrogen) atoms. The first-order valence-electron chi connectivity index (χ1n) is 5.30. The second-order valence-electron chi connectivity index (χ2n) is 3.56. The molecule has 2 rings (SSSR count). The molecule has 1 heterocycles. The molecule has 94 valence electrons. The van der Waals surface area contributed by atoms with E-state index in [1.807, 2.05) is 12.1 Å². The van der Waals surface area contributed by atoms with Crippen molar-refractivity contribution in [2.75, 3.05) is 12.8 Å². The van der Waals surface area contributed by atoms with Gasteiger partial charge in [0.05, 0.1) is 7.11 Å². The minimum atomic E-state index is -0.305. The van der Waals surface area contributed by atoms with Crippen molar-refractivity contribution >= 4 is 5.82 Å². The van der Waals surface area contributed by atoms with Gasteiger partial charge in [0.2, 0.25) is 0 Å². The van der Waals surface area contributed by atoms with Gasteiger partial charge >= 0.3 is 0 Å². The van der Waals surface area contributed by atoms with Gasteiger partial charge in [-0.05, 0) is 12.1 Å². The van der Waals surface area contributed by atoms with Gasteiger partial charge in [0.25, 0.3) is 5.56 Å². The van der Waals surface area contributed by atoms with Crippen LogP contribution in [0.5, 0.6) is 11.5 Å². The van der Waals surface area contributed by atoms with Gasteiger partial charge in [-0.2, -0.15) is 0 Å². The summed E-state index contributed by atoms with van der Waals surface area (Å²) in [6.07, 6.45) is 0. The average molecular weight is 247 g/mol. The first-order valence-corrected chi connectivity index (χ1v) is 5.30. The number of ether oxygens (including phenoxy) is 2. The zero-order chi connectivity index (χ0) is 13.0. The first-order chi connectivity index (χ1) is 8.69. The average Bonchev–Trinajstić information content (AvgIpc) is 2.35. The fourth-order valence-corrected chi connectivity index (χ4v) is 1.48. The normalized spacial score (nSPS) is 10.1. The van der Waals surface area contributed by atoms with Crippen LogP contribution in [0.1, 0.15) is 5.82 Å². The maximum atomic E-state index is 11.2. The molecule has 0 spiro atoms. The topological polar surface area (TPSA) is 90.2 Å². The largest absolute Gasteiger partial charge is 0.493 e. The molecule has 6 heteroatoms. The van der Waals surface area contributed by atoms with Crippen LogP contribution in [0.2, 0.25) is 0 Å². The van der Waals surface area contributed by atoms with Crippen LogP contribution in [0.15, 0.2) is 35.1 Å². The molecule has 0 amide bonds. The van der Waals surface area contributed by atoms with E-state index in [9.17, 15) is 4.79 Å². The summed E-state index contributed by atoms with van der Waals surface area (Å²) in [7, 11) is 1.56. The Morgan fingerprint density at radius 1 is 1.33 bits per heavy atom. The van der Waals surface area contributed by atoms with Crippen LogP contribution in [-0.2, 0) is 6.61 Å². The predicted molar refractivity (Wildman–Crippen MR) is 66.6 cm³/mol. The van der Waals surface area contributed by atoms with Crippen LogP contribution in [0, 0.1) is 0 Å². The van der Waals surface area contributed by atoms with Gasteiger partial charge in [-0.3, -0.25) is 4.79 Å². The van der Waals surface area contributed by atoms with Crippen molar-refractivity contribution in [2.45, 2.75) is 6.61 Å². The standard InChI is InChI=1S/C12H13N3O3/c1-17-8-4-2-3-5-9(8)18-7-11-14-10(13)6-12(16)15-11/h2-6H,7H2,1H3,(H3,13,14,15,16). The number of hydrogen-bond acceptors (Lipinski definition) is 5. The Morgan fingerprint density at radius 2 is 2.06 bits per heavy atom. The minimum Gasteiger partial charge on any atom is -0.493 e. The summed E-state index contributed by atoms with van der Waals surface area (Å²) in [4.78, 5) is 17.7. The molecule has 6 nitrogen and oxygen atoms in total.